The topological polar surface area (TPSA) is 60.0 Å². The second-order valence-corrected chi connectivity index (χ2v) is 5.09. The van der Waals surface area contributed by atoms with E-state index in [-0.39, 0.29) is 0 Å². The molecule has 0 aliphatic carbocycles. The van der Waals surface area contributed by atoms with Gasteiger partial charge in [-0.1, -0.05) is 26.7 Å². The maximum Gasteiger partial charge on any atom is 0.246 e. The monoisotopic (exact) mass is 251 g/mol. The zero-order valence-electron chi connectivity index (χ0n) is 11.6. The van der Waals surface area contributed by atoms with E-state index in [4.69, 9.17) is 5.73 Å². The number of anilines is 2. The van der Waals surface area contributed by atoms with Crippen LogP contribution in [0.3, 0.4) is 0 Å². The zero-order valence-corrected chi connectivity index (χ0v) is 11.6. The van der Waals surface area contributed by atoms with Crippen molar-refractivity contribution in [1.29, 1.82) is 0 Å². The Hall–Kier alpha value is -1.26. The third-order valence-electron chi connectivity index (χ3n) is 3.82. The van der Waals surface area contributed by atoms with Crippen LogP contribution in [0.15, 0.2) is 0 Å². The van der Waals surface area contributed by atoms with Crippen molar-refractivity contribution in [1.82, 2.24) is 14.8 Å². The molecule has 2 N–H and O–H groups in total. The lowest BCUT2D eigenvalue weighted by atomic mass is 10.2. The van der Waals surface area contributed by atoms with Crippen molar-refractivity contribution >= 4 is 11.9 Å². The summed E-state index contributed by atoms with van der Waals surface area (Å²) < 4.78 is 1.90. The number of nitrogens with two attached hydrogens (primary N) is 1. The molecule has 18 heavy (non-hydrogen) atoms. The minimum absolute atomic E-state index is 0.373. The molecule has 1 aliphatic heterocycles. The summed E-state index contributed by atoms with van der Waals surface area (Å²) in [5.74, 6) is 1.38. The van der Waals surface area contributed by atoms with E-state index >= 15 is 0 Å². The molecule has 0 bridgehead atoms. The molecule has 0 radical (unpaired) electrons. The van der Waals surface area contributed by atoms with Gasteiger partial charge in [-0.05, 0) is 25.7 Å². The highest BCUT2D eigenvalue weighted by atomic mass is 15.5. The van der Waals surface area contributed by atoms with Crippen molar-refractivity contribution in [3.05, 3.63) is 0 Å². The summed E-state index contributed by atoms with van der Waals surface area (Å²) in [5, 5.41) is 4.62. The summed E-state index contributed by atoms with van der Waals surface area (Å²) in [6, 6.07) is 0.373. The minimum atomic E-state index is 0.373. The smallest absolute Gasteiger partial charge is 0.246 e. The molecular formula is C13H25N5. The predicted molar refractivity (Wildman–Crippen MR) is 74.7 cm³/mol. The molecule has 5 nitrogen and oxygen atoms in total. The summed E-state index contributed by atoms with van der Waals surface area (Å²) in [6.45, 7) is 6.46. The van der Waals surface area contributed by atoms with Crippen LogP contribution >= 0.6 is 0 Å². The summed E-state index contributed by atoms with van der Waals surface area (Å²) in [6.07, 6.45) is 7.20. The first-order valence-corrected chi connectivity index (χ1v) is 7.23. The van der Waals surface area contributed by atoms with Gasteiger partial charge in [-0.3, -0.25) is 0 Å². The largest absolute Gasteiger partial charge is 0.368 e. The Balaban J connectivity index is 2.16. The van der Waals surface area contributed by atoms with Gasteiger partial charge in [0, 0.05) is 13.1 Å². The SMILES string of the molecule is CCC(CC)n1nc(N2CCCCCC2)nc1N. The Bertz CT molecular complexity index is 361. The van der Waals surface area contributed by atoms with Gasteiger partial charge in [0.2, 0.25) is 11.9 Å². The molecule has 1 saturated heterocycles. The molecule has 2 rings (SSSR count). The summed E-state index contributed by atoms with van der Waals surface area (Å²) in [4.78, 5) is 6.73. The molecule has 0 unspecified atom stereocenters. The highest BCUT2D eigenvalue weighted by molar-refractivity contribution is 5.35. The Kier molecular flexibility index (Phi) is 4.44. The van der Waals surface area contributed by atoms with E-state index in [1.165, 1.54) is 25.7 Å². The lowest BCUT2D eigenvalue weighted by Gasteiger charge is -2.18. The van der Waals surface area contributed by atoms with E-state index in [2.05, 4.69) is 28.8 Å². The third kappa shape index (κ3) is 2.76. The van der Waals surface area contributed by atoms with E-state index < -0.39 is 0 Å². The number of aromatic nitrogens is 3. The normalized spacial score (nSPS) is 17.2. The average molecular weight is 251 g/mol. The van der Waals surface area contributed by atoms with E-state index in [1.54, 1.807) is 0 Å². The van der Waals surface area contributed by atoms with E-state index in [0.717, 1.165) is 31.9 Å². The molecule has 5 heteroatoms. The second-order valence-electron chi connectivity index (χ2n) is 5.09. The summed E-state index contributed by atoms with van der Waals surface area (Å²) in [5.41, 5.74) is 6.00. The number of hydrogen-bond donors (Lipinski definition) is 1. The second kappa shape index (κ2) is 6.07. The molecule has 0 atom stereocenters. The molecular weight excluding hydrogens is 226 g/mol. The minimum Gasteiger partial charge on any atom is -0.368 e. The number of nitrogens with zero attached hydrogens (tertiary/aromatic N) is 4. The van der Waals surface area contributed by atoms with Gasteiger partial charge >= 0.3 is 0 Å². The van der Waals surface area contributed by atoms with Gasteiger partial charge in [0.15, 0.2) is 0 Å². The third-order valence-corrected chi connectivity index (χ3v) is 3.82. The number of rotatable bonds is 4. The standard InChI is InChI=1S/C13H25N5/c1-3-11(4-2)18-12(14)15-13(16-18)17-9-7-5-6-8-10-17/h11H,3-10H2,1-2H3,(H2,14,15,16). The molecule has 1 aromatic heterocycles. The van der Waals surface area contributed by atoms with Crippen LogP contribution in [0.25, 0.3) is 0 Å². The number of nitrogen functional groups attached to an aromatic ring is 1. The molecule has 2 heterocycles. The van der Waals surface area contributed by atoms with Gasteiger partial charge in [-0.15, -0.1) is 5.10 Å². The van der Waals surface area contributed by atoms with Crippen molar-refractivity contribution in [2.45, 2.75) is 58.4 Å². The summed E-state index contributed by atoms with van der Waals surface area (Å²) in [7, 11) is 0. The Morgan fingerprint density at radius 3 is 2.28 bits per heavy atom. The lowest BCUT2D eigenvalue weighted by molar-refractivity contribution is 0.433. The number of hydrogen-bond acceptors (Lipinski definition) is 4. The van der Waals surface area contributed by atoms with Crippen molar-refractivity contribution in [3.8, 4) is 0 Å². The van der Waals surface area contributed by atoms with Crippen LogP contribution in [-0.4, -0.2) is 27.9 Å². The molecule has 0 aromatic carbocycles. The fourth-order valence-electron chi connectivity index (χ4n) is 2.63. The van der Waals surface area contributed by atoms with Crippen molar-refractivity contribution < 1.29 is 0 Å². The fourth-order valence-corrected chi connectivity index (χ4v) is 2.63. The van der Waals surface area contributed by atoms with Gasteiger partial charge < -0.3 is 10.6 Å². The molecule has 1 aliphatic rings. The highest BCUT2D eigenvalue weighted by Gasteiger charge is 2.18. The van der Waals surface area contributed by atoms with E-state index in [0.29, 0.717) is 12.0 Å². The fraction of sp³-hybridized carbons (Fsp3) is 0.846. The molecule has 1 aromatic rings. The van der Waals surface area contributed by atoms with Crippen molar-refractivity contribution in [2.75, 3.05) is 23.7 Å². The van der Waals surface area contributed by atoms with Crippen molar-refractivity contribution in [3.63, 3.8) is 0 Å². The zero-order chi connectivity index (χ0) is 13.0. The van der Waals surface area contributed by atoms with Gasteiger partial charge in [0.25, 0.3) is 0 Å². The van der Waals surface area contributed by atoms with Crippen molar-refractivity contribution in [2.24, 2.45) is 0 Å². The van der Waals surface area contributed by atoms with E-state index in [9.17, 15) is 0 Å². The molecule has 0 spiro atoms. The van der Waals surface area contributed by atoms with Gasteiger partial charge in [-0.2, -0.15) is 4.98 Å². The van der Waals surface area contributed by atoms with Crippen LogP contribution in [0.1, 0.15) is 58.4 Å². The highest BCUT2D eigenvalue weighted by Crippen LogP contribution is 2.22. The maximum atomic E-state index is 6.00. The first-order valence-electron chi connectivity index (χ1n) is 7.23. The van der Waals surface area contributed by atoms with Crippen LogP contribution in [-0.2, 0) is 0 Å². The lowest BCUT2D eigenvalue weighted by Crippen LogP contribution is -2.25. The van der Waals surface area contributed by atoms with Crippen LogP contribution < -0.4 is 10.6 Å². The Labute approximate surface area is 109 Å². The van der Waals surface area contributed by atoms with Gasteiger partial charge in [0.1, 0.15) is 0 Å². The van der Waals surface area contributed by atoms with Crippen LogP contribution in [0.2, 0.25) is 0 Å². The molecule has 1 fully saturated rings. The average Bonchev–Trinajstić information content (AvgIpc) is 2.61. The van der Waals surface area contributed by atoms with Gasteiger partial charge in [0.05, 0.1) is 6.04 Å². The van der Waals surface area contributed by atoms with Crippen LogP contribution in [0.5, 0.6) is 0 Å². The molecule has 0 saturated carbocycles. The summed E-state index contributed by atoms with van der Waals surface area (Å²) >= 11 is 0. The van der Waals surface area contributed by atoms with E-state index in [1.807, 2.05) is 4.68 Å². The molecule has 102 valence electrons. The van der Waals surface area contributed by atoms with Gasteiger partial charge in [-0.25, -0.2) is 4.68 Å². The Morgan fingerprint density at radius 2 is 1.72 bits per heavy atom. The first kappa shape index (κ1) is 13.2. The predicted octanol–water partition coefficient (Wildman–Crippen LogP) is 2.60. The maximum absolute atomic E-state index is 6.00. The molecule has 0 amide bonds. The van der Waals surface area contributed by atoms with Crippen LogP contribution in [0.4, 0.5) is 11.9 Å². The van der Waals surface area contributed by atoms with Crippen LogP contribution in [0, 0.1) is 0 Å². The quantitative estimate of drug-likeness (QED) is 0.893. The first-order chi connectivity index (χ1) is 8.76. The Morgan fingerprint density at radius 1 is 1.11 bits per heavy atom.